The fourth-order valence-corrected chi connectivity index (χ4v) is 2.67. The number of rotatable bonds is 3. The fraction of sp³-hybridized carbons (Fsp3) is 1.00. The molecule has 1 saturated heterocycles. The van der Waals surface area contributed by atoms with Crippen LogP contribution in [0.25, 0.3) is 0 Å². The summed E-state index contributed by atoms with van der Waals surface area (Å²) >= 11 is 0. The Morgan fingerprint density at radius 2 is 1.67 bits per heavy atom. The quantitative estimate of drug-likeness (QED) is 0.728. The first-order valence-electron chi connectivity index (χ1n) is 5.40. The highest BCUT2D eigenvalue weighted by Gasteiger charge is 2.46. The van der Waals surface area contributed by atoms with Gasteiger partial charge in [-0.05, 0) is 40.5 Å². The molecule has 1 rings (SSSR count). The molecule has 90 valence electrons. The van der Waals surface area contributed by atoms with Crippen LogP contribution in [0.3, 0.4) is 0 Å². The fourth-order valence-electron chi connectivity index (χ4n) is 2.67. The van der Waals surface area contributed by atoms with E-state index in [0.29, 0.717) is 0 Å². The van der Waals surface area contributed by atoms with Gasteiger partial charge in [-0.1, -0.05) is 0 Å². The van der Waals surface area contributed by atoms with Crippen molar-refractivity contribution in [1.29, 1.82) is 0 Å². The summed E-state index contributed by atoms with van der Waals surface area (Å²) in [7, 11) is 1.61. The third-order valence-electron chi connectivity index (χ3n) is 2.87. The molecule has 4 heteroatoms. The minimum atomic E-state index is -0.252. The molecule has 15 heavy (non-hydrogen) atoms. The van der Waals surface area contributed by atoms with Crippen molar-refractivity contribution in [2.45, 2.75) is 57.7 Å². The molecular formula is C11H23NO3. The Balaban J connectivity index is 2.77. The van der Waals surface area contributed by atoms with Gasteiger partial charge in [-0.2, -0.15) is 5.06 Å². The highest BCUT2D eigenvalue weighted by molar-refractivity contribution is 4.96. The summed E-state index contributed by atoms with van der Waals surface area (Å²) in [6.07, 6.45) is 1.19. The van der Waals surface area contributed by atoms with E-state index >= 15 is 0 Å². The van der Waals surface area contributed by atoms with Crippen LogP contribution in [0, 0.1) is 0 Å². The highest BCUT2D eigenvalue weighted by Crippen LogP contribution is 2.38. The zero-order valence-corrected chi connectivity index (χ0v) is 10.4. The van der Waals surface area contributed by atoms with Gasteiger partial charge in [0.1, 0.15) is 0 Å². The molecule has 1 fully saturated rings. The average Bonchev–Trinajstić information content (AvgIpc) is 1.98. The minimum Gasteiger partial charge on any atom is -0.393 e. The molecule has 0 aliphatic carbocycles. The van der Waals surface area contributed by atoms with Crippen LogP contribution in [-0.4, -0.2) is 41.3 Å². The first-order valence-corrected chi connectivity index (χ1v) is 5.40. The molecule has 0 bridgehead atoms. The standard InChI is InChI=1S/C11H23NO3/c1-10(2)6-9(13)7-11(3,4)12(10)15-8-14-5/h9,13H,6-8H2,1-5H3. The van der Waals surface area contributed by atoms with Gasteiger partial charge >= 0.3 is 0 Å². The molecule has 0 unspecified atom stereocenters. The summed E-state index contributed by atoms with van der Waals surface area (Å²) in [6, 6.07) is 0. The second-order valence-corrected chi connectivity index (χ2v) is 5.52. The van der Waals surface area contributed by atoms with E-state index in [2.05, 4.69) is 27.7 Å². The van der Waals surface area contributed by atoms with Crippen LogP contribution < -0.4 is 0 Å². The monoisotopic (exact) mass is 217 g/mol. The van der Waals surface area contributed by atoms with E-state index in [0.717, 1.165) is 12.8 Å². The number of hydroxylamine groups is 2. The molecule has 0 aromatic heterocycles. The lowest BCUT2D eigenvalue weighted by molar-refractivity contribution is -0.321. The molecule has 1 N–H and O–H groups in total. The van der Waals surface area contributed by atoms with Crippen molar-refractivity contribution in [2.24, 2.45) is 0 Å². The zero-order chi connectivity index (χ0) is 11.7. The Morgan fingerprint density at radius 3 is 2.07 bits per heavy atom. The van der Waals surface area contributed by atoms with Gasteiger partial charge in [0, 0.05) is 18.2 Å². The molecule has 0 aromatic carbocycles. The minimum absolute atomic E-state index is 0.167. The van der Waals surface area contributed by atoms with Crippen molar-refractivity contribution < 1.29 is 14.7 Å². The molecule has 0 aromatic rings. The van der Waals surface area contributed by atoms with E-state index in [1.807, 2.05) is 5.06 Å². The number of hydrogen-bond acceptors (Lipinski definition) is 4. The maximum Gasteiger partial charge on any atom is 0.166 e. The lowest BCUT2D eigenvalue weighted by atomic mass is 9.80. The first-order chi connectivity index (χ1) is 6.79. The Hall–Kier alpha value is -0.160. The van der Waals surface area contributed by atoms with Crippen LogP contribution in [0.4, 0.5) is 0 Å². The van der Waals surface area contributed by atoms with E-state index in [-0.39, 0.29) is 24.0 Å². The zero-order valence-electron chi connectivity index (χ0n) is 10.4. The third-order valence-corrected chi connectivity index (χ3v) is 2.87. The van der Waals surface area contributed by atoms with E-state index in [4.69, 9.17) is 9.57 Å². The molecule has 4 nitrogen and oxygen atoms in total. The second-order valence-electron chi connectivity index (χ2n) is 5.52. The molecule has 0 spiro atoms. The van der Waals surface area contributed by atoms with E-state index in [9.17, 15) is 5.11 Å². The summed E-state index contributed by atoms with van der Waals surface area (Å²) in [5.74, 6) is 0. The summed E-state index contributed by atoms with van der Waals surface area (Å²) in [5.41, 5.74) is -0.334. The van der Waals surface area contributed by atoms with Crippen molar-refractivity contribution in [3.8, 4) is 0 Å². The van der Waals surface area contributed by atoms with Gasteiger partial charge in [-0.15, -0.1) is 0 Å². The Bertz CT molecular complexity index is 198. The Labute approximate surface area is 92.1 Å². The van der Waals surface area contributed by atoms with Gasteiger partial charge in [0.15, 0.2) is 6.79 Å². The Morgan fingerprint density at radius 1 is 1.20 bits per heavy atom. The van der Waals surface area contributed by atoms with Crippen LogP contribution >= 0.6 is 0 Å². The maximum absolute atomic E-state index is 9.81. The Kier molecular flexibility index (Phi) is 3.76. The molecule has 1 aliphatic heterocycles. The van der Waals surface area contributed by atoms with Crippen LogP contribution in [-0.2, 0) is 9.57 Å². The molecule has 1 heterocycles. The number of ether oxygens (including phenoxy) is 1. The topological polar surface area (TPSA) is 41.9 Å². The highest BCUT2D eigenvalue weighted by atomic mass is 16.8. The average molecular weight is 217 g/mol. The predicted molar refractivity (Wildman–Crippen MR) is 58.2 cm³/mol. The lowest BCUT2D eigenvalue weighted by Gasteiger charge is -2.52. The SMILES string of the molecule is COCON1C(C)(C)CC(O)CC1(C)C. The number of hydrogen-bond donors (Lipinski definition) is 1. The summed E-state index contributed by atoms with van der Waals surface area (Å²) in [6.45, 7) is 8.56. The predicted octanol–water partition coefficient (Wildman–Crippen LogP) is 1.54. The number of aliphatic hydroxyl groups excluding tert-OH is 1. The van der Waals surface area contributed by atoms with Crippen molar-refractivity contribution in [2.75, 3.05) is 13.9 Å². The number of nitrogens with zero attached hydrogens (tertiary/aromatic N) is 1. The number of aliphatic hydroxyl groups is 1. The van der Waals surface area contributed by atoms with Gasteiger partial charge in [0.05, 0.1) is 6.10 Å². The largest absolute Gasteiger partial charge is 0.393 e. The van der Waals surface area contributed by atoms with Crippen LogP contribution in [0.15, 0.2) is 0 Å². The van der Waals surface area contributed by atoms with Crippen molar-refractivity contribution in [3.05, 3.63) is 0 Å². The normalized spacial score (nSPS) is 26.8. The van der Waals surface area contributed by atoms with Gasteiger partial charge in [0.2, 0.25) is 0 Å². The van der Waals surface area contributed by atoms with E-state index < -0.39 is 0 Å². The molecule has 1 aliphatic rings. The third kappa shape index (κ3) is 2.91. The van der Waals surface area contributed by atoms with Crippen LogP contribution in [0.5, 0.6) is 0 Å². The summed E-state index contributed by atoms with van der Waals surface area (Å²) < 4.78 is 4.93. The maximum atomic E-state index is 9.81. The van der Waals surface area contributed by atoms with Gasteiger partial charge < -0.3 is 9.84 Å². The van der Waals surface area contributed by atoms with Crippen molar-refractivity contribution >= 4 is 0 Å². The van der Waals surface area contributed by atoms with E-state index in [1.54, 1.807) is 7.11 Å². The lowest BCUT2D eigenvalue weighted by Crippen LogP contribution is -2.61. The molecular weight excluding hydrogens is 194 g/mol. The smallest absolute Gasteiger partial charge is 0.166 e. The molecule has 0 amide bonds. The molecule has 0 radical (unpaired) electrons. The number of methoxy groups -OCH3 is 1. The van der Waals surface area contributed by atoms with Crippen LogP contribution in [0.1, 0.15) is 40.5 Å². The van der Waals surface area contributed by atoms with Gasteiger partial charge in [-0.3, -0.25) is 4.84 Å². The van der Waals surface area contributed by atoms with E-state index in [1.165, 1.54) is 0 Å². The summed E-state index contributed by atoms with van der Waals surface area (Å²) in [5, 5.41) is 11.8. The number of piperidine rings is 1. The van der Waals surface area contributed by atoms with Gasteiger partial charge in [-0.25, -0.2) is 0 Å². The van der Waals surface area contributed by atoms with Gasteiger partial charge in [0.25, 0.3) is 0 Å². The van der Waals surface area contributed by atoms with Crippen LogP contribution in [0.2, 0.25) is 0 Å². The van der Waals surface area contributed by atoms with Crippen molar-refractivity contribution in [1.82, 2.24) is 5.06 Å². The first kappa shape index (κ1) is 12.9. The molecule has 0 saturated carbocycles. The second kappa shape index (κ2) is 4.37. The van der Waals surface area contributed by atoms with Crippen molar-refractivity contribution in [3.63, 3.8) is 0 Å². The molecule has 0 atom stereocenters. The summed E-state index contributed by atoms with van der Waals surface area (Å²) in [4.78, 5) is 5.61.